The van der Waals surface area contributed by atoms with Gasteiger partial charge < -0.3 is 0 Å². The molecule has 1 unspecified atom stereocenters. The summed E-state index contributed by atoms with van der Waals surface area (Å²) in [7, 11) is 2.11. The molecule has 0 spiro atoms. The highest BCUT2D eigenvalue weighted by atomic mass is 79.9. The van der Waals surface area contributed by atoms with Gasteiger partial charge in [0.1, 0.15) is 0 Å². The number of nitrogens with zero attached hydrogens (tertiary/aromatic N) is 3. The molecular weight excluding hydrogens is 266 g/mol. The van der Waals surface area contributed by atoms with Crippen LogP contribution < -0.4 is 0 Å². The van der Waals surface area contributed by atoms with Gasteiger partial charge in [-0.15, -0.1) is 0 Å². The molecule has 0 fully saturated rings. The molecular formula is C12H26BrN3. The van der Waals surface area contributed by atoms with Crippen LogP contribution in [0.15, 0.2) is 5.10 Å². The number of hydrazine groups is 1. The topological polar surface area (TPSA) is 18.8 Å². The third kappa shape index (κ3) is 8.11. The summed E-state index contributed by atoms with van der Waals surface area (Å²) in [6.07, 6.45) is 3.53. The molecule has 0 aromatic heterocycles. The van der Waals surface area contributed by atoms with Gasteiger partial charge in [-0.05, 0) is 26.7 Å². The van der Waals surface area contributed by atoms with Crippen LogP contribution in [-0.2, 0) is 0 Å². The molecule has 1 atom stereocenters. The SMILES string of the molecule is CCCCN(N=C(C)C)N(C)CCC(C)Br. The number of hydrazone groups is 1. The molecule has 0 saturated carbocycles. The Bertz CT molecular complexity index is 200. The normalized spacial score (nSPS) is 12.7. The van der Waals surface area contributed by atoms with E-state index in [1.54, 1.807) is 0 Å². The molecule has 0 aliphatic heterocycles. The first kappa shape index (κ1) is 15.9. The van der Waals surface area contributed by atoms with E-state index in [0.717, 1.165) is 25.2 Å². The maximum absolute atomic E-state index is 4.55. The standard InChI is InChI=1S/C12H26BrN3/c1-6-7-9-16(14-11(2)3)15(5)10-8-12(4)13/h12H,6-10H2,1-5H3. The number of hydrogen-bond acceptors (Lipinski definition) is 3. The molecule has 0 heterocycles. The molecule has 96 valence electrons. The number of rotatable bonds is 8. The fourth-order valence-corrected chi connectivity index (χ4v) is 1.51. The Hall–Kier alpha value is -0.0900. The second kappa shape index (κ2) is 8.99. The van der Waals surface area contributed by atoms with E-state index < -0.39 is 0 Å². The zero-order valence-corrected chi connectivity index (χ0v) is 12.9. The summed E-state index contributed by atoms with van der Waals surface area (Å²) in [5, 5.41) is 8.85. The monoisotopic (exact) mass is 291 g/mol. The summed E-state index contributed by atoms with van der Waals surface area (Å²) < 4.78 is 0. The molecule has 0 aliphatic carbocycles. The van der Waals surface area contributed by atoms with Crippen molar-refractivity contribution in [2.24, 2.45) is 5.10 Å². The van der Waals surface area contributed by atoms with Gasteiger partial charge >= 0.3 is 0 Å². The predicted molar refractivity (Wildman–Crippen MR) is 76.0 cm³/mol. The van der Waals surface area contributed by atoms with Crippen molar-refractivity contribution in [3.05, 3.63) is 0 Å². The molecule has 0 N–H and O–H groups in total. The van der Waals surface area contributed by atoms with E-state index in [9.17, 15) is 0 Å². The quantitative estimate of drug-likeness (QED) is 0.387. The van der Waals surface area contributed by atoms with Crippen LogP contribution in [0.2, 0.25) is 0 Å². The van der Waals surface area contributed by atoms with Crippen LogP contribution in [-0.4, -0.2) is 40.8 Å². The highest BCUT2D eigenvalue weighted by Gasteiger charge is 2.09. The molecule has 0 radical (unpaired) electrons. The number of alkyl halides is 1. The van der Waals surface area contributed by atoms with E-state index in [1.165, 1.54) is 12.8 Å². The van der Waals surface area contributed by atoms with Crippen molar-refractivity contribution in [3.63, 3.8) is 0 Å². The highest BCUT2D eigenvalue weighted by molar-refractivity contribution is 9.09. The number of hydrogen-bond donors (Lipinski definition) is 0. The summed E-state index contributed by atoms with van der Waals surface area (Å²) in [6.45, 7) is 10.5. The molecule has 0 saturated heterocycles. The fraction of sp³-hybridized carbons (Fsp3) is 0.917. The van der Waals surface area contributed by atoms with Gasteiger partial charge in [0.05, 0.1) is 6.54 Å². The predicted octanol–water partition coefficient (Wildman–Crippen LogP) is 3.50. The minimum Gasteiger partial charge on any atom is -0.228 e. The van der Waals surface area contributed by atoms with Gasteiger partial charge in [-0.25, -0.2) is 10.1 Å². The van der Waals surface area contributed by atoms with Crippen molar-refractivity contribution >= 4 is 21.6 Å². The van der Waals surface area contributed by atoms with E-state index in [1.807, 2.05) is 13.8 Å². The Labute approximate surface area is 109 Å². The lowest BCUT2D eigenvalue weighted by molar-refractivity contribution is -0.000116. The van der Waals surface area contributed by atoms with E-state index >= 15 is 0 Å². The molecule has 4 heteroatoms. The lowest BCUT2D eigenvalue weighted by atomic mass is 10.3. The van der Waals surface area contributed by atoms with Gasteiger partial charge in [0.15, 0.2) is 0 Å². The van der Waals surface area contributed by atoms with Crippen LogP contribution in [0.25, 0.3) is 0 Å². The third-order valence-corrected chi connectivity index (χ3v) is 2.73. The Kier molecular flexibility index (Phi) is 8.94. The Morgan fingerprint density at radius 3 is 2.38 bits per heavy atom. The van der Waals surface area contributed by atoms with Crippen molar-refractivity contribution < 1.29 is 0 Å². The molecule has 3 nitrogen and oxygen atoms in total. The van der Waals surface area contributed by atoms with Crippen LogP contribution in [0.3, 0.4) is 0 Å². The lowest BCUT2D eigenvalue weighted by Crippen LogP contribution is -2.38. The van der Waals surface area contributed by atoms with Gasteiger partial charge in [-0.1, -0.05) is 36.2 Å². The van der Waals surface area contributed by atoms with Gasteiger partial charge in [-0.2, -0.15) is 5.10 Å². The van der Waals surface area contributed by atoms with E-state index in [2.05, 4.69) is 52.1 Å². The van der Waals surface area contributed by atoms with Crippen LogP contribution in [0.4, 0.5) is 0 Å². The average molecular weight is 292 g/mol. The molecule has 0 aromatic carbocycles. The minimum atomic E-state index is 0.565. The maximum atomic E-state index is 4.55. The van der Waals surface area contributed by atoms with E-state index in [0.29, 0.717) is 4.83 Å². The summed E-state index contributed by atoms with van der Waals surface area (Å²) in [5.74, 6) is 0. The molecule has 0 bridgehead atoms. The maximum Gasteiger partial charge on any atom is 0.0535 e. The van der Waals surface area contributed by atoms with E-state index in [-0.39, 0.29) is 0 Å². The first-order chi connectivity index (χ1) is 7.47. The lowest BCUT2D eigenvalue weighted by Gasteiger charge is -2.30. The molecule has 0 aliphatic rings. The molecule has 0 aromatic rings. The van der Waals surface area contributed by atoms with Crippen LogP contribution >= 0.6 is 15.9 Å². The van der Waals surface area contributed by atoms with Crippen molar-refractivity contribution in [1.82, 2.24) is 10.1 Å². The Morgan fingerprint density at radius 1 is 1.31 bits per heavy atom. The molecule has 0 amide bonds. The van der Waals surface area contributed by atoms with Crippen LogP contribution in [0, 0.1) is 0 Å². The van der Waals surface area contributed by atoms with Gasteiger partial charge in [0, 0.05) is 24.1 Å². The Balaban J connectivity index is 4.20. The first-order valence-electron chi connectivity index (χ1n) is 6.11. The number of halogens is 1. The third-order valence-electron chi connectivity index (χ3n) is 2.27. The summed E-state index contributed by atoms with van der Waals surface area (Å²) in [6, 6.07) is 0. The van der Waals surface area contributed by atoms with Crippen molar-refractivity contribution in [3.8, 4) is 0 Å². The smallest absolute Gasteiger partial charge is 0.0535 e. The molecule has 16 heavy (non-hydrogen) atoms. The van der Waals surface area contributed by atoms with Gasteiger partial charge in [0.2, 0.25) is 0 Å². The van der Waals surface area contributed by atoms with Crippen molar-refractivity contribution in [2.45, 2.75) is 51.8 Å². The zero-order chi connectivity index (χ0) is 12.6. The summed E-state index contributed by atoms with van der Waals surface area (Å²) in [5.41, 5.74) is 1.11. The highest BCUT2D eigenvalue weighted by Crippen LogP contribution is 2.07. The zero-order valence-electron chi connectivity index (χ0n) is 11.3. The van der Waals surface area contributed by atoms with E-state index in [4.69, 9.17) is 0 Å². The summed E-state index contributed by atoms with van der Waals surface area (Å²) in [4.78, 5) is 0.565. The van der Waals surface area contributed by atoms with Crippen LogP contribution in [0.1, 0.15) is 47.0 Å². The number of unbranched alkanes of at least 4 members (excludes halogenated alkanes) is 1. The molecule has 0 rings (SSSR count). The van der Waals surface area contributed by atoms with Crippen molar-refractivity contribution in [1.29, 1.82) is 0 Å². The largest absolute Gasteiger partial charge is 0.228 e. The van der Waals surface area contributed by atoms with Crippen molar-refractivity contribution in [2.75, 3.05) is 20.1 Å². The second-order valence-electron chi connectivity index (χ2n) is 4.45. The van der Waals surface area contributed by atoms with Crippen LogP contribution in [0.5, 0.6) is 0 Å². The van der Waals surface area contributed by atoms with Gasteiger partial charge in [-0.3, -0.25) is 0 Å². The van der Waals surface area contributed by atoms with Gasteiger partial charge in [0.25, 0.3) is 0 Å². The average Bonchev–Trinajstić information content (AvgIpc) is 2.20. The first-order valence-corrected chi connectivity index (χ1v) is 7.03. The second-order valence-corrected chi connectivity index (χ2v) is 6.01. The minimum absolute atomic E-state index is 0.565. The summed E-state index contributed by atoms with van der Waals surface area (Å²) >= 11 is 3.57. The fourth-order valence-electron chi connectivity index (χ4n) is 1.31. The Morgan fingerprint density at radius 2 is 1.94 bits per heavy atom.